The number of hydrogen-bond acceptors (Lipinski definition) is 6. The fourth-order valence-corrected chi connectivity index (χ4v) is 5.88. The fraction of sp³-hybridized carbons (Fsp3) is 0.250. The van der Waals surface area contributed by atoms with Crippen LogP contribution in [0.25, 0.3) is 33.4 Å². The summed E-state index contributed by atoms with van der Waals surface area (Å²) >= 11 is 0. The molecule has 4 aromatic rings. The third-order valence-electron chi connectivity index (χ3n) is 7.92. The van der Waals surface area contributed by atoms with Gasteiger partial charge < -0.3 is 14.2 Å². The van der Waals surface area contributed by atoms with Gasteiger partial charge in [-0.05, 0) is 37.5 Å². The molecule has 6 heteroatoms. The second-order valence-electron chi connectivity index (χ2n) is 11.0. The molecule has 7 rings (SSSR count). The van der Waals surface area contributed by atoms with Gasteiger partial charge in [0.25, 0.3) is 0 Å². The van der Waals surface area contributed by atoms with Crippen LogP contribution in [0.3, 0.4) is 0 Å². The van der Waals surface area contributed by atoms with Crippen molar-refractivity contribution in [2.75, 3.05) is 39.5 Å². The average molecular weight is 556 g/mol. The van der Waals surface area contributed by atoms with Crippen LogP contribution in [0.4, 0.5) is 0 Å². The number of hydrogen-bond donors (Lipinski definition) is 0. The molecule has 6 nitrogen and oxygen atoms in total. The second kappa shape index (κ2) is 10.9. The van der Waals surface area contributed by atoms with Crippen molar-refractivity contribution in [2.45, 2.75) is 20.8 Å². The van der Waals surface area contributed by atoms with Gasteiger partial charge in [-0.15, -0.1) is 0 Å². The van der Waals surface area contributed by atoms with Gasteiger partial charge in [-0.2, -0.15) is 0 Å². The minimum Gasteiger partial charge on any atom is -0.475 e. The van der Waals surface area contributed by atoms with E-state index in [0.29, 0.717) is 57.1 Å². The highest BCUT2D eigenvalue weighted by molar-refractivity contribution is 6.23. The van der Waals surface area contributed by atoms with Crippen molar-refractivity contribution < 1.29 is 14.2 Å². The molecule has 0 bridgehead atoms. The van der Waals surface area contributed by atoms with Gasteiger partial charge >= 0.3 is 0 Å². The van der Waals surface area contributed by atoms with Crippen molar-refractivity contribution in [3.63, 3.8) is 0 Å². The molecule has 0 unspecified atom stereocenters. The lowest BCUT2D eigenvalue weighted by Gasteiger charge is -2.27. The van der Waals surface area contributed by atoms with E-state index in [-0.39, 0.29) is 0 Å². The molecule has 0 saturated heterocycles. The van der Waals surface area contributed by atoms with Crippen LogP contribution in [0.15, 0.2) is 87.8 Å². The largest absolute Gasteiger partial charge is 0.475 e. The summed E-state index contributed by atoms with van der Waals surface area (Å²) in [7, 11) is 0. The molecule has 4 aromatic carbocycles. The third kappa shape index (κ3) is 4.67. The number of nitrogens with zero attached hydrogens (tertiary/aromatic N) is 3. The zero-order valence-corrected chi connectivity index (χ0v) is 24.2. The predicted molar refractivity (Wildman–Crippen MR) is 169 cm³/mol. The molecule has 0 spiro atoms. The average Bonchev–Trinajstić information content (AvgIpc) is 3.82. The first kappa shape index (κ1) is 26.2. The van der Waals surface area contributed by atoms with Crippen LogP contribution < -0.4 is 0 Å². The summed E-state index contributed by atoms with van der Waals surface area (Å²) in [4.78, 5) is 14.7. The molecule has 3 aliphatic heterocycles. The predicted octanol–water partition coefficient (Wildman–Crippen LogP) is 6.94. The van der Waals surface area contributed by atoms with E-state index in [1.165, 1.54) is 16.7 Å². The molecule has 0 aromatic heterocycles. The molecule has 0 fully saturated rings. The molecule has 0 saturated carbocycles. The Kier molecular flexibility index (Phi) is 6.82. The quantitative estimate of drug-likeness (QED) is 0.259. The lowest BCUT2D eigenvalue weighted by molar-refractivity contribution is 0.346. The Balaban J connectivity index is 1.73. The minimum atomic E-state index is 0.537. The number of benzene rings is 4. The standard InChI is InChI=1S/C36H33N3O3/c1-22-4-10-25(11-5-22)28-31(34-37-16-19-40-34)29(26-12-6-23(2)7-13-26)33(36-39-18-21-42-36)30(27-14-8-24(3)9-15-27)32(28)35-38-17-20-41-35/h4-15H,16-21H2,1-3H3. The van der Waals surface area contributed by atoms with Gasteiger partial charge in [-0.3, -0.25) is 0 Å². The second-order valence-corrected chi connectivity index (χ2v) is 11.0. The number of rotatable bonds is 6. The van der Waals surface area contributed by atoms with Crippen LogP contribution in [0.1, 0.15) is 33.4 Å². The van der Waals surface area contributed by atoms with E-state index in [1.807, 2.05) is 0 Å². The number of aliphatic imine (C=N–C) groups is 3. The first-order valence-electron chi connectivity index (χ1n) is 14.6. The van der Waals surface area contributed by atoms with E-state index in [2.05, 4.69) is 93.6 Å². The van der Waals surface area contributed by atoms with E-state index >= 15 is 0 Å². The zero-order valence-electron chi connectivity index (χ0n) is 24.2. The Bertz CT molecular complexity index is 1520. The van der Waals surface area contributed by atoms with Gasteiger partial charge in [0.15, 0.2) is 0 Å². The fourth-order valence-electron chi connectivity index (χ4n) is 5.88. The smallest absolute Gasteiger partial charge is 0.217 e. The van der Waals surface area contributed by atoms with Gasteiger partial charge in [-0.1, -0.05) is 89.5 Å². The molecule has 0 aliphatic carbocycles. The zero-order chi connectivity index (χ0) is 28.6. The molecule has 3 heterocycles. The summed E-state index contributed by atoms with van der Waals surface area (Å²) in [6.07, 6.45) is 0. The van der Waals surface area contributed by atoms with Crippen LogP contribution in [0.5, 0.6) is 0 Å². The van der Waals surface area contributed by atoms with Crippen LogP contribution in [-0.2, 0) is 14.2 Å². The molecule has 42 heavy (non-hydrogen) atoms. The van der Waals surface area contributed by atoms with Crippen molar-refractivity contribution in [1.29, 1.82) is 0 Å². The first-order chi connectivity index (χ1) is 20.6. The summed E-state index contributed by atoms with van der Waals surface area (Å²) in [5.41, 5.74) is 12.4. The van der Waals surface area contributed by atoms with E-state index in [1.54, 1.807) is 0 Å². The Hall–Kier alpha value is -4.71. The lowest BCUT2D eigenvalue weighted by atomic mass is 9.78. The van der Waals surface area contributed by atoms with Crippen molar-refractivity contribution in [1.82, 2.24) is 0 Å². The molecule has 0 N–H and O–H groups in total. The Morgan fingerprint density at radius 2 is 0.643 bits per heavy atom. The van der Waals surface area contributed by atoms with E-state index in [4.69, 9.17) is 29.2 Å². The molecular formula is C36H33N3O3. The maximum absolute atomic E-state index is 6.30. The molecular weight excluding hydrogens is 522 g/mol. The molecule has 0 radical (unpaired) electrons. The van der Waals surface area contributed by atoms with Crippen LogP contribution >= 0.6 is 0 Å². The van der Waals surface area contributed by atoms with E-state index in [0.717, 1.165) is 50.1 Å². The SMILES string of the molecule is Cc1ccc(-c2c(C3=NCCO3)c(-c3ccc(C)cc3)c(C3=NCCO3)c(-c3ccc(C)cc3)c2C2=NCCO2)cc1. The summed E-state index contributed by atoms with van der Waals surface area (Å²) in [6.45, 7) is 9.75. The highest BCUT2D eigenvalue weighted by Gasteiger charge is 2.36. The van der Waals surface area contributed by atoms with Crippen molar-refractivity contribution in [3.05, 3.63) is 106 Å². The molecule has 0 amide bonds. The highest BCUT2D eigenvalue weighted by Crippen LogP contribution is 2.47. The maximum Gasteiger partial charge on any atom is 0.217 e. The normalized spacial score (nSPS) is 15.9. The van der Waals surface area contributed by atoms with Gasteiger partial charge in [0.1, 0.15) is 19.8 Å². The highest BCUT2D eigenvalue weighted by atomic mass is 16.5. The first-order valence-corrected chi connectivity index (χ1v) is 14.6. The number of aryl methyl sites for hydroxylation is 3. The van der Waals surface area contributed by atoms with Crippen LogP contribution in [0.2, 0.25) is 0 Å². The van der Waals surface area contributed by atoms with E-state index < -0.39 is 0 Å². The minimum absolute atomic E-state index is 0.537. The Labute approximate surface area is 246 Å². The summed E-state index contributed by atoms with van der Waals surface area (Å²) in [5.74, 6) is 1.86. The van der Waals surface area contributed by atoms with Crippen LogP contribution in [-0.4, -0.2) is 57.1 Å². The van der Waals surface area contributed by atoms with Gasteiger partial charge in [0.05, 0.1) is 36.3 Å². The topological polar surface area (TPSA) is 64.8 Å². The van der Waals surface area contributed by atoms with Gasteiger partial charge in [0, 0.05) is 16.7 Å². The molecule has 210 valence electrons. The summed E-state index contributed by atoms with van der Waals surface area (Å²) < 4.78 is 18.9. The summed E-state index contributed by atoms with van der Waals surface area (Å²) in [6, 6.07) is 25.9. The van der Waals surface area contributed by atoms with Crippen molar-refractivity contribution in [2.24, 2.45) is 15.0 Å². The van der Waals surface area contributed by atoms with Crippen molar-refractivity contribution >= 4 is 17.7 Å². The Morgan fingerprint density at radius 3 is 0.857 bits per heavy atom. The summed E-state index contributed by atoms with van der Waals surface area (Å²) in [5, 5.41) is 0. The van der Waals surface area contributed by atoms with E-state index in [9.17, 15) is 0 Å². The monoisotopic (exact) mass is 555 g/mol. The van der Waals surface area contributed by atoms with Crippen molar-refractivity contribution in [3.8, 4) is 33.4 Å². The van der Waals surface area contributed by atoms with Crippen LogP contribution in [0, 0.1) is 20.8 Å². The maximum atomic E-state index is 6.30. The third-order valence-corrected chi connectivity index (χ3v) is 7.92. The lowest BCUT2D eigenvalue weighted by Crippen LogP contribution is -2.19. The molecule has 3 aliphatic rings. The molecule has 0 atom stereocenters. The van der Waals surface area contributed by atoms with Gasteiger partial charge in [-0.25, -0.2) is 15.0 Å². The Morgan fingerprint density at radius 1 is 0.381 bits per heavy atom. The van der Waals surface area contributed by atoms with Gasteiger partial charge in [0.2, 0.25) is 17.7 Å². The number of ether oxygens (including phenoxy) is 3.